The van der Waals surface area contributed by atoms with E-state index in [1.165, 1.54) is 26.4 Å². The SMILES string of the molecule is COC(OC)[C@@H]1O[C@@H](COS(=O)(=O)c2ccc(C)cc2)[C@H]2O[C@H]21. The molecule has 0 aliphatic carbocycles. The van der Waals surface area contributed by atoms with Gasteiger partial charge < -0.3 is 18.9 Å². The standard InChI is InChI=1S/C15H20O7S/c1-9-4-6-10(7-5-9)23(16,17)20-8-11-12-13(22-12)14(21-11)15(18-2)19-3/h4-7,11-15H,8H2,1-3H3/t11-,12+,13+,14+/m0/s1. The first kappa shape index (κ1) is 16.8. The topological polar surface area (TPSA) is 83.6 Å². The molecule has 1 aromatic carbocycles. The van der Waals surface area contributed by atoms with E-state index in [1.807, 2.05) is 6.92 Å². The highest BCUT2D eigenvalue weighted by molar-refractivity contribution is 7.86. The number of hydrogen-bond donors (Lipinski definition) is 0. The van der Waals surface area contributed by atoms with Gasteiger partial charge in [0.05, 0.1) is 11.5 Å². The number of aryl methyl sites for hydroxylation is 1. The van der Waals surface area contributed by atoms with Crippen LogP contribution in [0.15, 0.2) is 29.2 Å². The predicted molar refractivity (Wildman–Crippen MR) is 79.4 cm³/mol. The molecule has 0 radical (unpaired) electrons. The van der Waals surface area contributed by atoms with Crippen LogP contribution in [0.5, 0.6) is 0 Å². The van der Waals surface area contributed by atoms with Gasteiger partial charge in [-0.15, -0.1) is 0 Å². The lowest BCUT2D eigenvalue weighted by molar-refractivity contribution is -0.197. The lowest BCUT2D eigenvalue weighted by Crippen LogP contribution is -2.36. The molecular weight excluding hydrogens is 324 g/mol. The summed E-state index contributed by atoms with van der Waals surface area (Å²) in [4.78, 5) is 0.123. The van der Waals surface area contributed by atoms with Gasteiger partial charge in [0.15, 0.2) is 6.29 Å². The fraction of sp³-hybridized carbons (Fsp3) is 0.600. The largest absolute Gasteiger partial charge is 0.364 e. The van der Waals surface area contributed by atoms with E-state index in [9.17, 15) is 8.42 Å². The third-order valence-electron chi connectivity index (χ3n) is 4.01. The Morgan fingerprint density at radius 1 is 1.09 bits per heavy atom. The molecule has 128 valence electrons. The van der Waals surface area contributed by atoms with Gasteiger partial charge in [-0.3, -0.25) is 4.18 Å². The van der Waals surface area contributed by atoms with Crippen molar-refractivity contribution in [2.75, 3.05) is 20.8 Å². The maximum atomic E-state index is 12.2. The van der Waals surface area contributed by atoms with Crippen LogP contribution in [0.25, 0.3) is 0 Å². The Balaban J connectivity index is 1.60. The minimum Gasteiger partial charge on any atom is -0.364 e. The van der Waals surface area contributed by atoms with Crippen LogP contribution in [0.1, 0.15) is 5.56 Å². The van der Waals surface area contributed by atoms with E-state index in [1.54, 1.807) is 12.1 Å². The molecule has 23 heavy (non-hydrogen) atoms. The van der Waals surface area contributed by atoms with Crippen LogP contribution in [-0.4, -0.2) is 60.0 Å². The van der Waals surface area contributed by atoms with E-state index >= 15 is 0 Å². The molecule has 0 unspecified atom stereocenters. The Morgan fingerprint density at radius 3 is 2.35 bits per heavy atom. The van der Waals surface area contributed by atoms with E-state index in [0.29, 0.717) is 0 Å². The van der Waals surface area contributed by atoms with E-state index in [4.69, 9.17) is 23.1 Å². The quantitative estimate of drug-likeness (QED) is 0.412. The Bertz CT molecular complexity index is 638. The smallest absolute Gasteiger partial charge is 0.297 e. The molecule has 4 atom stereocenters. The number of rotatable bonds is 7. The Labute approximate surface area is 135 Å². The number of epoxide rings is 1. The van der Waals surface area contributed by atoms with Crippen LogP contribution in [0.3, 0.4) is 0 Å². The molecule has 0 N–H and O–H groups in total. The highest BCUT2D eigenvalue weighted by Gasteiger charge is 2.60. The number of fused-ring (bicyclic) bond motifs is 1. The van der Waals surface area contributed by atoms with Crippen LogP contribution < -0.4 is 0 Å². The van der Waals surface area contributed by atoms with Crippen molar-refractivity contribution in [2.45, 2.75) is 42.5 Å². The molecular formula is C15H20O7S. The van der Waals surface area contributed by atoms with Crippen molar-refractivity contribution >= 4 is 10.1 Å². The molecule has 7 nitrogen and oxygen atoms in total. The molecule has 2 heterocycles. The van der Waals surface area contributed by atoms with Crippen molar-refractivity contribution < 1.29 is 31.5 Å². The minimum absolute atomic E-state index is 0.103. The number of benzene rings is 1. The lowest BCUT2D eigenvalue weighted by atomic mass is 10.2. The van der Waals surface area contributed by atoms with Gasteiger partial charge in [0, 0.05) is 14.2 Å². The highest BCUT2D eigenvalue weighted by Crippen LogP contribution is 2.41. The summed E-state index contributed by atoms with van der Waals surface area (Å²) in [5.41, 5.74) is 0.977. The van der Waals surface area contributed by atoms with Crippen LogP contribution >= 0.6 is 0 Å². The maximum absolute atomic E-state index is 12.2. The summed E-state index contributed by atoms with van der Waals surface area (Å²) in [5.74, 6) is 0. The summed E-state index contributed by atoms with van der Waals surface area (Å²) in [5, 5.41) is 0. The third-order valence-corrected chi connectivity index (χ3v) is 5.31. The predicted octanol–water partition coefficient (Wildman–Crippen LogP) is 0.854. The Kier molecular flexibility index (Phi) is 4.73. The van der Waals surface area contributed by atoms with Crippen molar-refractivity contribution in [2.24, 2.45) is 0 Å². The zero-order valence-electron chi connectivity index (χ0n) is 13.2. The number of methoxy groups -OCH3 is 2. The Morgan fingerprint density at radius 2 is 1.74 bits per heavy atom. The second-order valence-corrected chi connectivity index (χ2v) is 7.21. The molecule has 0 bridgehead atoms. The fourth-order valence-corrected chi connectivity index (χ4v) is 3.62. The molecule has 0 aromatic heterocycles. The monoisotopic (exact) mass is 344 g/mol. The first-order valence-electron chi connectivity index (χ1n) is 7.29. The van der Waals surface area contributed by atoms with Crippen LogP contribution in [0.4, 0.5) is 0 Å². The molecule has 0 amide bonds. The van der Waals surface area contributed by atoms with Crippen molar-refractivity contribution in [3.05, 3.63) is 29.8 Å². The molecule has 2 aliphatic rings. The summed E-state index contributed by atoms with van der Waals surface area (Å²) < 4.78 is 51.1. The molecule has 0 saturated carbocycles. The van der Waals surface area contributed by atoms with Crippen molar-refractivity contribution in [3.8, 4) is 0 Å². The minimum atomic E-state index is -3.82. The zero-order valence-corrected chi connectivity index (χ0v) is 14.0. The summed E-state index contributed by atoms with van der Waals surface area (Å²) in [6.45, 7) is 1.78. The van der Waals surface area contributed by atoms with E-state index < -0.39 is 22.5 Å². The van der Waals surface area contributed by atoms with Gasteiger partial charge >= 0.3 is 0 Å². The fourth-order valence-electron chi connectivity index (χ4n) is 2.70. The number of hydrogen-bond acceptors (Lipinski definition) is 7. The summed E-state index contributed by atoms with van der Waals surface area (Å²) in [6.07, 6.45) is -1.72. The first-order valence-corrected chi connectivity index (χ1v) is 8.69. The van der Waals surface area contributed by atoms with Crippen LogP contribution in [0.2, 0.25) is 0 Å². The average Bonchev–Trinajstić information content (AvgIpc) is 3.24. The van der Waals surface area contributed by atoms with E-state index in [-0.39, 0.29) is 29.8 Å². The van der Waals surface area contributed by atoms with E-state index in [2.05, 4.69) is 0 Å². The lowest BCUT2D eigenvalue weighted by Gasteiger charge is -2.23. The summed E-state index contributed by atoms with van der Waals surface area (Å²) in [7, 11) is -0.787. The molecule has 3 rings (SSSR count). The van der Waals surface area contributed by atoms with Gasteiger partial charge in [-0.1, -0.05) is 17.7 Å². The zero-order chi connectivity index (χ0) is 16.6. The number of ether oxygens (including phenoxy) is 4. The summed E-state index contributed by atoms with van der Waals surface area (Å²) >= 11 is 0. The van der Waals surface area contributed by atoms with Gasteiger partial charge in [-0.2, -0.15) is 8.42 Å². The second kappa shape index (κ2) is 6.46. The third kappa shape index (κ3) is 3.42. The average molecular weight is 344 g/mol. The Hall–Kier alpha value is -1.03. The molecule has 2 saturated heterocycles. The van der Waals surface area contributed by atoms with Crippen molar-refractivity contribution in [1.82, 2.24) is 0 Å². The van der Waals surface area contributed by atoms with Crippen LogP contribution in [-0.2, 0) is 33.2 Å². The van der Waals surface area contributed by atoms with Crippen LogP contribution in [0, 0.1) is 6.92 Å². The highest BCUT2D eigenvalue weighted by atomic mass is 32.2. The van der Waals surface area contributed by atoms with Gasteiger partial charge in [0.25, 0.3) is 10.1 Å². The van der Waals surface area contributed by atoms with Gasteiger partial charge in [-0.25, -0.2) is 0 Å². The first-order chi connectivity index (χ1) is 11.0. The van der Waals surface area contributed by atoms with Gasteiger partial charge in [0.1, 0.15) is 24.4 Å². The molecule has 1 aromatic rings. The molecule has 0 spiro atoms. The van der Waals surface area contributed by atoms with Crippen molar-refractivity contribution in [3.63, 3.8) is 0 Å². The second-order valence-electron chi connectivity index (χ2n) is 5.60. The summed E-state index contributed by atoms with van der Waals surface area (Å²) in [6, 6.07) is 6.48. The molecule has 2 aliphatic heterocycles. The normalized spacial score (nSPS) is 29.7. The molecule has 8 heteroatoms. The van der Waals surface area contributed by atoms with E-state index in [0.717, 1.165) is 5.56 Å². The van der Waals surface area contributed by atoms with Gasteiger partial charge in [-0.05, 0) is 19.1 Å². The molecule has 2 fully saturated rings. The van der Waals surface area contributed by atoms with Crippen molar-refractivity contribution in [1.29, 1.82) is 0 Å². The maximum Gasteiger partial charge on any atom is 0.297 e. The van der Waals surface area contributed by atoms with Gasteiger partial charge in [0.2, 0.25) is 0 Å².